The smallest absolute Gasteiger partial charge is 0.373 e. The van der Waals surface area contributed by atoms with Gasteiger partial charge in [-0.05, 0) is 38.5 Å². The van der Waals surface area contributed by atoms with Gasteiger partial charge in [0.05, 0.1) is 6.10 Å². The van der Waals surface area contributed by atoms with Gasteiger partial charge in [-0.2, -0.15) is 0 Å². The summed E-state index contributed by atoms with van der Waals surface area (Å²) in [7, 11) is 1.39. The Hall–Kier alpha value is -0.0551. The molecular formula is C8H18BNO2. The molecule has 0 aromatic carbocycles. The fraction of sp³-hybridized carbons (Fsp3) is 1.00. The minimum absolute atomic E-state index is 0.380. The molecule has 0 heterocycles. The van der Waals surface area contributed by atoms with Crippen molar-refractivity contribution in [3.63, 3.8) is 0 Å². The van der Waals surface area contributed by atoms with E-state index in [0.717, 1.165) is 25.7 Å². The first kappa shape index (κ1) is 10.0. The van der Waals surface area contributed by atoms with Crippen LogP contribution in [0.2, 0.25) is 6.82 Å². The van der Waals surface area contributed by atoms with Crippen molar-refractivity contribution >= 4 is 7.05 Å². The van der Waals surface area contributed by atoms with Crippen LogP contribution < -0.4 is 5.23 Å². The number of hydrogen-bond donors (Lipinski definition) is 2. The minimum Gasteiger partial charge on any atom is -0.437 e. The highest BCUT2D eigenvalue weighted by Gasteiger charge is 2.21. The molecule has 70 valence electrons. The van der Waals surface area contributed by atoms with Gasteiger partial charge in [0.2, 0.25) is 0 Å². The molecule has 0 aliphatic heterocycles. The largest absolute Gasteiger partial charge is 0.437 e. The van der Waals surface area contributed by atoms with E-state index in [1.165, 1.54) is 0 Å². The first-order valence-corrected chi connectivity index (χ1v) is 4.69. The quantitative estimate of drug-likeness (QED) is 0.612. The molecule has 1 fully saturated rings. The molecule has 1 aliphatic rings. The number of rotatable bonds is 3. The van der Waals surface area contributed by atoms with Crippen LogP contribution in [-0.2, 0) is 4.74 Å². The average Bonchev–Trinajstić information content (AvgIpc) is 2.05. The first-order chi connectivity index (χ1) is 5.72. The number of hydrogen-bond acceptors (Lipinski definition) is 3. The molecule has 0 unspecified atom stereocenters. The lowest BCUT2D eigenvalue weighted by Crippen LogP contribution is -2.42. The van der Waals surface area contributed by atoms with Crippen molar-refractivity contribution in [3.8, 4) is 0 Å². The van der Waals surface area contributed by atoms with Crippen LogP contribution in [0.25, 0.3) is 0 Å². The summed E-state index contributed by atoms with van der Waals surface area (Å²) in [5, 5.41) is 12.2. The Morgan fingerprint density at radius 1 is 1.33 bits per heavy atom. The first-order valence-electron chi connectivity index (χ1n) is 4.69. The van der Waals surface area contributed by atoms with Crippen LogP contribution in [-0.4, -0.2) is 31.3 Å². The van der Waals surface area contributed by atoms with Gasteiger partial charge < -0.3 is 15.0 Å². The fourth-order valence-corrected chi connectivity index (χ4v) is 1.81. The molecule has 0 spiro atoms. The molecule has 2 N–H and O–H groups in total. The van der Waals surface area contributed by atoms with Gasteiger partial charge in [0.1, 0.15) is 0 Å². The van der Waals surface area contributed by atoms with E-state index in [0.29, 0.717) is 12.1 Å². The van der Waals surface area contributed by atoms with E-state index < -0.39 is 0 Å². The fourth-order valence-electron chi connectivity index (χ4n) is 1.81. The van der Waals surface area contributed by atoms with E-state index in [4.69, 9.17) is 9.76 Å². The minimum atomic E-state index is -0.380. The van der Waals surface area contributed by atoms with Crippen LogP contribution in [0.5, 0.6) is 0 Å². The Morgan fingerprint density at radius 2 is 1.92 bits per heavy atom. The number of ether oxygens (including phenoxy) is 1. The lowest BCUT2D eigenvalue weighted by Gasteiger charge is -2.28. The van der Waals surface area contributed by atoms with Crippen LogP contribution in [0.15, 0.2) is 0 Å². The lowest BCUT2D eigenvalue weighted by molar-refractivity contribution is 0.0644. The molecule has 0 aromatic rings. The third-order valence-electron chi connectivity index (χ3n) is 2.48. The van der Waals surface area contributed by atoms with Gasteiger partial charge in [-0.25, -0.2) is 0 Å². The normalized spacial score (nSPS) is 30.2. The van der Waals surface area contributed by atoms with Gasteiger partial charge in [0, 0.05) is 7.11 Å². The zero-order valence-electron chi connectivity index (χ0n) is 7.92. The van der Waals surface area contributed by atoms with E-state index in [1.807, 2.05) is 0 Å². The Morgan fingerprint density at radius 3 is 2.33 bits per heavy atom. The summed E-state index contributed by atoms with van der Waals surface area (Å²) in [4.78, 5) is 0. The van der Waals surface area contributed by atoms with Crippen molar-refractivity contribution in [2.45, 2.75) is 44.7 Å². The average molecular weight is 171 g/mol. The highest BCUT2D eigenvalue weighted by molar-refractivity contribution is 6.45. The second kappa shape index (κ2) is 4.85. The van der Waals surface area contributed by atoms with Crippen molar-refractivity contribution in [2.24, 2.45) is 0 Å². The SMILES string of the molecule is COC1CCC(NB(C)O)CC1. The monoisotopic (exact) mass is 171 g/mol. The van der Waals surface area contributed by atoms with E-state index in [2.05, 4.69) is 5.23 Å². The number of nitrogens with one attached hydrogen (secondary N) is 1. The van der Waals surface area contributed by atoms with Crippen molar-refractivity contribution in [2.75, 3.05) is 7.11 Å². The molecule has 0 bridgehead atoms. The Bertz CT molecular complexity index is 124. The summed E-state index contributed by atoms with van der Waals surface area (Å²) in [5.41, 5.74) is 0. The predicted molar refractivity (Wildman–Crippen MR) is 50.0 cm³/mol. The topological polar surface area (TPSA) is 41.5 Å². The van der Waals surface area contributed by atoms with Gasteiger partial charge in [-0.1, -0.05) is 0 Å². The van der Waals surface area contributed by atoms with Crippen LogP contribution in [0, 0.1) is 0 Å². The van der Waals surface area contributed by atoms with Gasteiger partial charge in [0.25, 0.3) is 0 Å². The third-order valence-corrected chi connectivity index (χ3v) is 2.48. The van der Waals surface area contributed by atoms with Crippen LogP contribution >= 0.6 is 0 Å². The molecule has 12 heavy (non-hydrogen) atoms. The zero-order valence-corrected chi connectivity index (χ0v) is 7.92. The summed E-state index contributed by atoms with van der Waals surface area (Å²) in [6, 6.07) is 0.483. The molecule has 0 aromatic heterocycles. The van der Waals surface area contributed by atoms with Crippen molar-refractivity contribution in [1.82, 2.24) is 5.23 Å². The third kappa shape index (κ3) is 3.13. The van der Waals surface area contributed by atoms with Gasteiger partial charge in [-0.15, -0.1) is 0 Å². The van der Waals surface area contributed by atoms with Crippen LogP contribution in [0.3, 0.4) is 0 Å². The second-order valence-electron chi connectivity index (χ2n) is 3.55. The van der Waals surface area contributed by atoms with E-state index in [9.17, 15) is 0 Å². The standard InChI is InChI=1S/C8H18BNO2/c1-9(11)10-7-3-5-8(12-2)6-4-7/h7-8,10-11H,3-6H2,1-2H3. The lowest BCUT2D eigenvalue weighted by atomic mass is 9.83. The second-order valence-corrected chi connectivity index (χ2v) is 3.55. The molecular weight excluding hydrogens is 153 g/mol. The van der Waals surface area contributed by atoms with E-state index in [-0.39, 0.29) is 7.05 Å². The van der Waals surface area contributed by atoms with E-state index in [1.54, 1.807) is 13.9 Å². The van der Waals surface area contributed by atoms with Crippen molar-refractivity contribution < 1.29 is 9.76 Å². The molecule has 1 saturated carbocycles. The molecule has 0 atom stereocenters. The summed E-state index contributed by atoms with van der Waals surface area (Å²) < 4.78 is 5.25. The summed E-state index contributed by atoms with van der Waals surface area (Å²) >= 11 is 0. The van der Waals surface area contributed by atoms with Crippen LogP contribution in [0.1, 0.15) is 25.7 Å². The Labute approximate surface area is 74.6 Å². The molecule has 1 aliphatic carbocycles. The zero-order chi connectivity index (χ0) is 8.97. The molecule has 0 saturated heterocycles. The molecule has 3 nitrogen and oxygen atoms in total. The maximum Gasteiger partial charge on any atom is 0.373 e. The Balaban J connectivity index is 2.17. The summed E-state index contributed by atoms with van der Waals surface area (Å²) in [6.45, 7) is 1.77. The highest BCUT2D eigenvalue weighted by Crippen LogP contribution is 2.20. The number of methoxy groups -OCH3 is 1. The molecule has 4 heteroatoms. The Kier molecular flexibility index (Phi) is 4.05. The maximum absolute atomic E-state index is 9.09. The van der Waals surface area contributed by atoms with Gasteiger partial charge >= 0.3 is 7.05 Å². The summed E-state index contributed by atoms with van der Waals surface area (Å²) in [5.74, 6) is 0. The summed E-state index contributed by atoms with van der Waals surface area (Å²) in [6.07, 6.45) is 4.89. The van der Waals surface area contributed by atoms with E-state index >= 15 is 0 Å². The van der Waals surface area contributed by atoms with Crippen LogP contribution in [0.4, 0.5) is 0 Å². The highest BCUT2D eigenvalue weighted by atomic mass is 16.5. The predicted octanol–water partition coefficient (Wildman–Crippen LogP) is 0.644. The van der Waals surface area contributed by atoms with Gasteiger partial charge in [0.15, 0.2) is 0 Å². The molecule has 0 radical (unpaired) electrons. The van der Waals surface area contributed by atoms with Gasteiger partial charge in [-0.3, -0.25) is 0 Å². The molecule has 1 rings (SSSR count). The van der Waals surface area contributed by atoms with Crippen molar-refractivity contribution in [3.05, 3.63) is 0 Å². The maximum atomic E-state index is 9.09. The molecule has 0 amide bonds. The van der Waals surface area contributed by atoms with Crippen molar-refractivity contribution in [1.29, 1.82) is 0 Å².